The highest BCUT2D eigenvalue weighted by Gasteiger charge is 2.09. The van der Waals surface area contributed by atoms with Crippen LogP contribution >= 0.6 is 0 Å². The molecule has 0 unspecified atom stereocenters. The molecule has 0 fully saturated rings. The molecule has 5 aromatic rings. The van der Waals surface area contributed by atoms with Crippen LogP contribution in [0.25, 0.3) is 40.0 Å². The minimum absolute atomic E-state index is 0.860. The van der Waals surface area contributed by atoms with Gasteiger partial charge in [-0.05, 0) is 33.8 Å². The van der Waals surface area contributed by atoms with E-state index in [-0.39, 0.29) is 0 Å². The molecular formula is C25H20N6+2. The molecule has 0 saturated heterocycles. The van der Waals surface area contributed by atoms with E-state index < -0.39 is 0 Å². The molecular weight excluding hydrogens is 384 g/mol. The summed E-state index contributed by atoms with van der Waals surface area (Å²) in [6.45, 7) is 4.17. The minimum atomic E-state index is 0.860. The largest absolute Gasteiger partial charge is 0.323 e. The number of fused-ring (bicyclic) bond motifs is 2. The highest BCUT2D eigenvalue weighted by atomic mass is 15.0. The molecule has 0 spiro atoms. The number of hydrogen-bond donors (Lipinski definition) is 0. The Hall–Kier alpha value is -4.32. The third-order valence-corrected chi connectivity index (χ3v) is 5.22. The van der Waals surface area contributed by atoms with Crippen molar-refractivity contribution in [2.45, 2.75) is 0 Å². The van der Waals surface area contributed by atoms with Crippen LogP contribution in [0.4, 0.5) is 5.82 Å². The van der Waals surface area contributed by atoms with Gasteiger partial charge in [0.15, 0.2) is 12.4 Å². The van der Waals surface area contributed by atoms with E-state index in [0.29, 0.717) is 0 Å². The van der Waals surface area contributed by atoms with Crippen LogP contribution in [0.1, 0.15) is 0 Å². The summed E-state index contributed by atoms with van der Waals surface area (Å²) in [4.78, 5) is 17.1. The summed E-state index contributed by atoms with van der Waals surface area (Å²) in [7, 11) is 1.98. The first-order valence-electron chi connectivity index (χ1n) is 9.86. The lowest BCUT2D eigenvalue weighted by molar-refractivity contribution is -0.596. The van der Waals surface area contributed by atoms with E-state index in [9.17, 15) is 0 Å². The van der Waals surface area contributed by atoms with Crippen molar-refractivity contribution in [1.82, 2.24) is 19.9 Å². The van der Waals surface area contributed by atoms with Gasteiger partial charge in [-0.2, -0.15) is 4.57 Å². The Morgan fingerprint density at radius 3 is 2.77 bits per heavy atom. The zero-order valence-electron chi connectivity index (χ0n) is 17.1. The van der Waals surface area contributed by atoms with Crippen molar-refractivity contribution >= 4 is 46.4 Å². The summed E-state index contributed by atoms with van der Waals surface area (Å²) in [5, 5.41) is 5.09. The summed E-state index contributed by atoms with van der Waals surface area (Å²) >= 11 is 0. The SMILES string of the molecule is C=c1cc[n+](-c2ccc3ncncc3c2)c/c1=C/C=[N+](\C)c1cc2ccncc2cn1. The standard InChI is InChI=1S/C25H20N6/c1-18-6-10-31(23-3-4-24-21(11-23)13-27-17-29-24)16-20(18)7-9-30(2)25-12-19-5-8-26-14-22(19)15-28-25/h3-17H,1H2,2H3/q+2. The molecule has 0 atom stereocenters. The van der Waals surface area contributed by atoms with E-state index in [2.05, 4.69) is 49.4 Å². The molecule has 6 nitrogen and oxygen atoms in total. The first-order valence-corrected chi connectivity index (χ1v) is 9.86. The third-order valence-electron chi connectivity index (χ3n) is 5.22. The Labute approximate surface area is 178 Å². The first-order chi connectivity index (χ1) is 15.2. The highest BCUT2D eigenvalue weighted by Crippen LogP contribution is 2.16. The Kier molecular flexibility index (Phi) is 4.72. The second kappa shape index (κ2) is 7.84. The van der Waals surface area contributed by atoms with Crippen LogP contribution < -0.4 is 15.0 Å². The monoisotopic (exact) mass is 404 g/mol. The van der Waals surface area contributed by atoms with Gasteiger partial charge in [0.1, 0.15) is 12.5 Å². The van der Waals surface area contributed by atoms with E-state index in [4.69, 9.17) is 0 Å². The van der Waals surface area contributed by atoms with E-state index in [1.165, 1.54) is 0 Å². The van der Waals surface area contributed by atoms with Gasteiger partial charge in [-0.25, -0.2) is 14.5 Å². The van der Waals surface area contributed by atoms with Crippen LogP contribution in [0.15, 0.2) is 79.9 Å². The van der Waals surface area contributed by atoms with E-state index >= 15 is 0 Å². The lowest BCUT2D eigenvalue weighted by atomic mass is 10.2. The lowest BCUT2D eigenvalue weighted by Crippen LogP contribution is -2.40. The number of nitrogens with zero attached hydrogens (tertiary/aromatic N) is 6. The normalized spacial score (nSPS) is 12.5. The number of benzene rings is 1. The summed E-state index contributed by atoms with van der Waals surface area (Å²) < 4.78 is 4.06. The number of pyridine rings is 3. The van der Waals surface area contributed by atoms with Crippen molar-refractivity contribution in [1.29, 1.82) is 0 Å². The van der Waals surface area contributed by atoms with Gasteiger partial charge in [-0.15, -0.1) is 0 Å². The summed E-state index contributed by atoms with van der Waals surface area (Å²) in [6, 6.07) is 12.2. The van der Waals surface area contributed by atoms with Crippen molar-refractivity contribution < 1.29 is 9.14 Å². The molecule has 4 aromatic heterocycles. The molecule has 6 heteroatoms. The second-order valence-corrected chi connectivity index (χ2v) is 7.29. The fourth-order valence-corrected chi connectivity index (χ4v) is 3.42. The van der Waals surface area contributed by atoms with Crippen molar-refractivity contribution in [2.75, 3.05) is 7.05 Å². The van der Waals surface area contributed by atoms with E-state index in [0.717, 1.165) is 43.6 Å². The van der Waals surface area contributed by atoms with Gasteiger partial charge in [0.25, 0.3) is 0 Å². The Morgan fingerprint density at radius 2 is 1.84 bits per heavy atom. The number of aromatic nitrogens is 5. The van der Waals surface area contributed by atoms with Crippen LogP contribution in [-0.4, -0.2) is 37.8 Å². The van der Waals surface area contributed by atoms with Crippen LogP contribution in [-0.2, 0) is 0 Å². The van der Waals surface area contributed by atoms with Crippen LogP contribution in [0.5, 0.6) is 0 Å². The molecule has 0 aliphatic heterocycles. The van der Waals surface area contributed by atoms with Gasteiger partial charge in [-0.1, -0.05) is 6.58 Å². The van der Waals surface area contributed by atoms with Gasteiger partial charge in [0, 0.05) is 58.8 Å². The van der Waals surface area contributed by atoms with Gasteiger partial charge in [-0.3, -0.25) is 4.98 Å². The van der Waals surface area contributed by atoms with Crippen molar-refractivity contribution in [2.24, 2.45) is 0 Å². The maximum atomic E-state index is 4.54. The second-order valence-electron chi connectivity index (χ2n) is 7.29. The van der Waals surface area contributed by atoms with Crippen molar-refractivity contribution in [3.63, 3.8) is 0 Å². The third kappa shape index (κ3) is 3.79. The predicted molar refractivity (Wildman–Crippen MR) is 122 cm³/mol. The highest BCUT2D eigenvalue weighted by molar-refractivity contribution is 5.88. The maximum absolute atomic E-state index is 4.54. The van der Waals surface area contributed by atoms with Gasteiger partial charge in [0.05, 0.1) is 18.8 Å². The summed E-state index contributed by atoms with van der Waals surface area (Å²) in [5.41, 5.74) is 1.96. The van der Waals surface area contributed by atoms with Gasteiger partial charge in [0.2, 0.25) is 5.69 Å². The lowest BCUT2D eigenvalue weighted by Gasteiger charge is -1.99. The molecule has 0 aliphatic rings. The summed E-state index contributed by atoms with van der Waals surface area (Å²) in [5.74, 6) is 0.860. The number of hydrogen-bond acceptors (Lipinski definition) is 4. The maximum Gasteiger partial charge on any atom is 0.323 e. The molecule has 0 N–H and O–H groups in total. The summed E-state index contributed by atoms with van der Waals surface area (Å²) in [6.07, 6.45) is 17.0. The fraction of sp³-hybridized carbons (Fsp3) is 0.0400. The molecule has 1 aromatic carbocycles. The predicted octanol–water partition coefficient (Wildman–Crippen LogP) is 2.09. The Morgan fingerprint density at radius 1 is 0.935 bits per heavy atom. The molecule has 0 saturated carbocycles. The van der Waals surface area contributed by atoms with Crippen molar-refractivity contribution in [3.8, 4) is 5.69 Å². The van der Waals surface area contributed by atoms with E-state index in [1.807, 2.05) is 73.0 Å². The average molecular weight is 404 g/mol. The zero-order valence-corrected chi connectivity index (χ0v) is 17.1. The van der Waals surface area contributed by atoms with Crippen molar-refractivity contribution in [3.05, 3.63) is 90.3 Å². The van der Waals surface area contributed by atoms with Crippen LogP contribution in [0, 0.1) is 0 Å². The van der Waals surface area contributed by atoms with Gasteiger partial charge >= 0.3 is 5.82 Å². The minimum Gasteiger partial charge on any atom is -0.264 e. The molecule has 5 rings (SSSR count). The number of rotatable bonds is 3. The smallest absolute Gasteiger partial charge is 0.264 e. The Balaban J connectivity index is 1.53. The quantitative estimate of drug-likeness (QED) is 0.341. The van der Waals surface area contributed by atoms with Crippen LogP contribution in [0.2, 0.25) is 0 Å². The average Bonchev–Trinajstić information content (AvgIpc) is 2.82. The molecule has 0 amide bonds. The molecule has 0 radical (unpaired) electrons. The van der Waals surface area contributed by atoms with Crippen LogP contribution in [0.3, 0.4) is 0 Å². The first kappa shape index (κ1) is 18.7. The zero-order chi connectivity index (χ0) is 21.2. The molecule has 31 heavy (non-hydrogen) atoms. The van der Waals surface area contributed by atoms with Gasteiger partial charge < -0.3 is 0 Å². The molecule has 0 bridgehead atoms. The van der Waals surface area contributed by atoms with E-state index in [1.54, 1.807) is 12.5 Å². The molecule has 0 aliphatic carbocycles. The fourth-order valence-electron chi connectivity index (χ4n) is 3.42. The molecule has 4 heterocycles. The topological polar surface area (TPSA) is 58.5 Å². The Bertz CT molecular complexity index is 1570. The molecule has 148 valence electrons.